The van der Waals surface area contributed by atoms with Gasteiger partial charge in [-0.15, -0.1) is 0 Å². The molecule has 0 aliphatic heterocycles. The van der Waals surface area contributed by atoms with E-state index in [2.05, 4.69) is 31.1 Å². The summed E-state index contributed by atoms with van der Waals surface area (Å²) >= 11 is 3.11. The Hall–Kier alpha value is -1.75. The average Bonchev–Trinajstić information content (AvgIpc) is 2.39. The lowest BCUT2D eigenvalue weighted by Gasteiger charge is -2.01. The number of nitrogens with zero attached hydrogens (tertiary/aromatic N) is 3. The normalized spacial score (nSPS) is 11.4. The van der Waals surface area contributed by atoms with Crippen molar-refractivity contribution in [3.05, 3.63) is 48.3 Å². The molecule has 4 nitrogen and oxygen atoms in total. The first-order valence-corrected chi connectivity index (χ1v) is 5.37. The fourth-order valence-corrected chi connectivity index (χ4v) is 1.48. The van der Waals surface area contributed by atoms with Crippen LogP contribution in [-0.4, -0.2) is 19.8 Å². The summed E-state index contributed by atoms with van der Waals surface area (Å²) in [4.78, 5) is 8.51. The Morgan fingerprint density at radius 3 is 2.62 bits per heavy atom. The molecule has 2 aromatic rings. The highest BCUT2D eigenvalue weighted by atomic mass is 79.9. The molecule has 0 aliphatic carbocycles. The monoisotopic (exact) mass is 277 g/mol. The third kappa shape index (κ3) is 2.25. The molecule has 0 radical (unpaired) electrons. The van der Waals surface area contributed by atoms with Gasteiger partial charge < -0.3 is 5.21 Å². The summed E-state index contributed by atoms with van der Waals surface area (Å²) in [5.74, 6) is 0. The van der Waals surface area contributed by atoms with E-state index in [0.29, 0.717) is 10.3 Å². The molecule has 2 rings (SSSR count). The largest absolute Gasteiger partial charge is 0.410 e. The van der Waals surface area contributed by atoms with Crippen LogP contribution in [0.1, 0.15) is 5.69 Å². The van der Waals surface area contributed by atoms with Gasteiger partial charge in [0.05, 0.1) is 17.1 Å². The minimum atomic E-state index is 0.297. The molecular weight excluding hydrogens is 270 g/mol. The van der Waals surface area contributed by atoms with Crippen molar-refractivity contribution in [2.75, 3.05) is 0 Å². The third-order valence-electron chi connectivity index (χ3n) is 1.98. The lowest BCUT2D eigenvalue weighted by atomic mass is 10.2. The molecule has 80 valence electrons. The lowest BCUT2D eigenvalue weighted by molar-refractivity contribution is 0.321. The first kappa shape index (κ1) is 10.8. The van der Waals surface area contributed by atoms with Crippen LogP contribution in [-0.2, 0) is 0 Å². The standard InChI is InChI=1S/C11H8BrN3O/c12-11(15-16)10-6-3-5-9(14-10)8-4-1-2-7-13-8/h1-7,16H/b15-11-. The SMILES string of the molecule is O/N=C(\Br)c1cccc(-c2ccccn2)n1. The Morgan fingerprint density at radius 1 is 1.12 bits per heavy atom. The molecule has 0 spiro atoms. The zero-order chi connectivity index (χ0) is 11.4. The van der Waals surface area contributed by atoms with Gasteiger partial charge in [0.15, 0.2) is 4.62 Å². The summed E-state index contributed by atoms with van der Waals surface area (Å²) in [6.07, 6.45) is 1.71. The van der Waals surface area contributed by atoms with Gasteiger partial charge in [0.1, 0.15) is 0 Å². The fraction of sp³-hybridized carbons (Fsp3) is 0. The molecule has 5 heteroatoms. The number of aromatic nitrogens is 2. The van der Waals surface area contributed by atoms with E-state index >= 15 is 0 Å². The van der Waals surface area contributed by atoms with E-state index in [9.17, 15) is 0 Å². The van der Waals surface area contributed by atoms with Crippen LogP contribution in [0.2, 0.25) is 0 Å². The van der Waals surface area contributed by atoms with Crippen molar-refractivity contribution >= 4 is 20.6 Å². The maximum absolute atomic E-state index is 8.64. The second kappa shape index (κ2) is 4.85. The Balaban J connectivity index is 2.44. The first-order valence-electron chi connectivity index (χ1n) is 4.57. The highest BCUT2D eigenvalue weighted by molar-refractivity contribution is 9.18. The number of oxime groups is 1. The predicted octanol–water partition coefficient (Wildman–Crippen LogP) is 2.67. The van der Waals surface area contributed by atoms with Crippen molar-refractivity contribution in [2.45, 2.75) is 0 Å². The van der Waals surface area contributed by atoms with Crippen LogP contribution >= 0.6 is 15.9 Å². The highest BCUT2D eigenvalue weighted by Gasteiger charge is 2.05. The van der Waals surface area contributed by atoms with Crippen LogP contribution in [0, 0.1) is 0 Å². The van der Waals surface area contributed by atoms with E-state index in [0.717, 1.165) is 11.4 Å². The summed E-state index contributed by atoms with van der Waals surface area (Å²) in [5.41, 5.74) is 2.08. The molecule has 0 bridgehead atoms. The smallest absolute Gasteiger partial charge is 0.170 e. The molecule has 0 aliphatic rings. The number of hydrogen-bond donors (Lipinski definition) is 1. The second-order valence-corrected chi connectivity index (χ2v) is 3.76. The first-order chi connectivity index (χ1) is 7.81. The van der Waals surface area contributed by atoms with Gasteiger partial charge in [-0.3, -0.25) is 4.98 Å². The van der Waals surface area contributed by atoms with Crippen molar-refractivity contribution in [1.29, 1.82) is 0 Å². The maximum atomic E-state index is 8.64. The summed E-state index contributed by atoms with van der Waals surface area (Å²) in [7, 11) is 0. The molecule has 0 atom stereocenters. The number of rotatable bonds is 2. The zero-order valence-electron chi connectivity index (χ0n) is 8.21. The molecule has 1 N–H and O–H groups in total. The summed E-state index contributed by atoms with van der Waals surface area (Å²) in [5, 5.41) is 11.7. The van der Waals surface area contributed by atoms with Crippen LogP contribution in [0.4, 0.5) is 0 Å². The molecule has 2 aromatic heterocycles. The van der Waals surface area contributed by atoms with Gasteiger partial charge in [-0.2, -0.15) is 0 Å². The summed E-state index contributed by atoms with van der Waals surface area (Å²) in [6.45, 7) is 0. The maximum Gasteiger partial charge on any atom is 0.170 e. The van der Waals surface area contributed by atoms with Crippen LogP contribution in [0.5, 0.6) is 0 Å². The second-order valence-electron chi connectivity index (χ2n) is 3.01. The average molecular weight is 278 g/mol. The van der Waals surface area contributed by atoms with Crippen molar-refractivity contribution in [2.24, 2.45) is 5.16 Å². The van der Waals surface area contributed by atoms with Gasteiger partial charge in [0.2, 0.25) is 0 Å². The number of halogens is 1. The molecule has 0 unspecified atom stereocenters. The van der Waals surface area contributed by atoms with E-state index in [1.807, 2.05) is 30.3 Å². The molecule has 0 amide bonds. The van der Waals surface area contributed by atoms with E-state index in [1.165, 1.54) is 0 Å². The van der Waals surface area contributed by atoms with Crippen molar-refractivity contribution in [3.63, 3.8) is 0 Å². The van der Waals surface area contributed by atoms with Crippen LogP contribution in [0.3, 0.4) is 0 Å². The zero-order valence-corrected chi connectivity index (χ0v) is 9.79. The van der Waals surface area contributed by atoms with Crippen LogP contribution in [0.15, 0.2) is 47.8 Å². The molecule has 0 saturated heterocycles. The van der Waals surface area contributed by atoms with Gasteiger partial charge in [-0.1, -0.05) is 17.3 Å². The fourth-order valence-electron chi connectivity index (χ4n) is 1.26. The molecular formula is C11H8BrN3O. The number of pyridine rings is 2. The van der Waals surface area contributed by atoms with Gasteiger partial charge in [-0.25, -0.2) is 4.98 Å². The van der Waals surface area contributed by atoms with Gasteiger partial charge >= 0.3 is 0 Å². The van der Waals surface area contributed by atoms with Crippen molar-refractivity contribution in [1.82, 2.24) is 9.97 Å². The molecule has 0 fully saturated rings. The highest BCUT2D eigenvalue weighted by Crippen LogP contribution is 2.15. The Labute approximate surface area is 101 Å². The topological polar surface area (TPSA) is 58.4 Å². The van der Waals surface area contributed by atoms with Gasteiger partial charge in [0, 0.05) is 6.20 Å². The third-order valence-corrected chi connectivity index (χ3v) is 2.54. The van der Waals surface area contributed by atoms with Crippen LogP contribution < -0.4 is 0 Å². The van der Waals surface area contributed by atoms with Gasteiger partial charge in [0.25, 0.3) is 0 Å². The quantitative estimate of drug-likeness (QED) is 0.522. The minimum Gasteiger partial charge on any atom is -0.410 e. The van der Waals surface area contributed by atoms with Crippen molar-refractivity contribution < 1.29 is 5.21 Å². The van der Waals surface area contributed by atoms with Crippen LogP contribution in [0.25, 0.3) is 11.4 Å². The molecule has 0 aromatic carbocycles. The van der Waals surface area contributed by atoms with E-state index in [4.69, 9.17) is 5.21 Å². The summed E-state index contributed by atoms with van der Waals surface area (Å²) < 4.78 is 0.297. The summed E-state index contributed by atoms with van der Waals surface area (Å²) in [6, 6.07) is 11.0. The van der Waals surface area contributed by atoms with E-state index < -0.39 is 0 Å². The lowest BCUT2D eigenvalue weighted by Crippen LogP contribution is -1.97. The van der Waals surface area contributed by atoms with E-state index in [1.54, 1.807) is 12.3 Å². The van der Waals surface area contributed by atoms with E-state index in [-0.39, 0.29) is 0 Å². The Bertz CT molecular complexity index is 514. The van der Waals surface area contributed by atoms with Gasteiger partial charge in [-0.05, 0) is 40.2 Å². The minimum absolute atomic E-state index is 0.297. The number of hydrogen-bond acceptors (Lipinski definition) is 4. The Morgan fingerprint density at radius 2 is 1.94 bits per heavy atom. The van der Waals surface area contributed by atoms with Crippen molar-refractivity contribution in [3.8, 4) is 11.4 Å². The molecule has 2 heterocycles. The Kier molecular flexibility index (Phi) is 3.26. The predicted molar refractivity (Wildman–Crippen MR) is 64.7 cm³/mol. The molecule has 0 saturated carbocycles. The molecule has 16 heavy (non-hydrogen) atoms.